The molecule has 0 spiro atoms. The van der Waals surface area contributed by atoms with Crippen LogP contribution < -0.4 is 0 Å². The van der Waals surface area contributed by atoms with E-state index in [4.69, 9.17) is 9.84 Å². The lowest BCUT2D eigenvalue weighted by atomic mass is 10.2. The molecule has 0 aromatic carbocycles. The molecule has 18 heavy (non-hydrogen) atoms. The van der Waals surface area contributed by atoms with Crippen LogP contribution in [-0.2, 0) is 9.53 Å². The van der Waals surface area contributed by atoms with E-state index in [0.29, 0.717) is 11.0 Å². The summed E-state index contributed by atoms with van der Waals surface area (Å²) in [5.74, 6) is -0.956. The molecule has 0 amide bonds. The molecule has 1 N–H and O–H groups in total. The fourth-order valence-corrected chi connectivity index (χ4v) is 2.04. The summed E-state index contributed by atoms with van der Waals surface area (Å²) >= 11 is 1.08. The quantitative estimate of drug-likeness (QED) is 0.617. The Kier molecular flexibility index (Phi) is 6.16. The molecule has 0 bridgehead atoms. The van der Waals surface area contributed by atoms with Crippen LogP contribution in [-0.4, -0.2) is 59.4 Å². The van der Waals surface area contributed by atoms with E-state index in [-0.39, 0.29) is 11.2 Å². The second kappa shape index (κ2) is 6.43. The van der Waals surface area contributed by atoms with Crippen molar-refractivity contribution < 1.29 is 23.9 Å². The highest BCUT2D eigenvalue weighted by atomic mass is 32.2. The minimum absolute atomic E-state index is 0.161. The zero-order valence-electron chi connectivity index (χ0n) is 12.0. The van der Waals surface area contributed by atoms with Gasteiger partial charge in [-0.15, -0.1) is 0 Å². The van der Waals surface area contributed by atoms with Gasteiger partial charge in [-0.1, -0.05) is 20.8 Å². The third-order valence-electron chi connectivity index (χ3n) is 1.81. The number of hydrogen-bond acceptors (Lipinski definition) is 4. The molecule has 5 nitrogen and oxygen atoms in total. The Morgan fingerprint density at radius 3 is 2.11 bits per heavy atom. The molecule has 6 heteroatoms. The molecule has 0 saturated carbocycles. The van der Waals surface area contributed by atoms with Crippen molar-refractivity contribution >= 4 is 23.0 Å². The van der Waals surface area contributed by atoms with Crippen molar-refractivity contribution in [3.05, 3.63) is 0 Å². The Hall–Kier alpha value is -0.750. The maximum absolute atomic E-state index is 11.7. The molecule has 0 fully saturated rings. The molecule has 0 heterocycles. The number of carbonyl (C=O) groups is 2. The number of carbonyl (C=O) groups excluding carboxylic acids is 1. The molecule has 0 aromatic rings. The standard InChI is InChI=1S/C12H23NO4S/c1-12(2,3)18-11(16)17-9(7-10(14)15)8-13(4,5)6/h9H,7-8H2,1-6H3/p+1. The second-order valence-electron chi connectivity index (χ2n) is 6.28. The fraction of sp³-hybridized carbons (Fsp3) is 0.833. The van der Waals surface area contributed by atoms with Gasteiger partial charge in [0.2, 0.25) is 0 Å². The van der Waals surface area contributed by atoms with Gasteiger partial charge in [-0.25, -0.2) is 4.79 Å². The first-order valence-corrected chi connectivity index (χ1v) is 6.62. The minimum atomic E-state index is -0.956. The number of hydrogen-bond donors (Lipinski definition) is 1. The monoisotopic (exact) mass is 278 g/mol. The number of likely N-dealkylation sites (N-methyl/N-ethyl adjacent to an activating group) is 1. The van der Waals surface area contributed by atoms with E-state index in [2.05, 4.69) is 0 Å². The Labute approximate surface area is 113 Å². The van der Waals surface area contributed by atoms with Gasteiger partial charge in [0, 0.05) is 4.75 Å². The Balaban J connectivity index is 4.50. The van der Waals surface area contributed by atoms with E-state index in [1.807, 2.05) is 41.9 Å². The van der Waals surface area contributed by atoms with Crippen molar-refractivity contribution in [2.75, 3.05) is 27.7 Å². The van der Waals surface area contributed by atoms with Gasteiger partial charge in [-0.05, 0) is 11.8 Å². The van der Waals surface area contributed by atoms with Crippen molar-refractivity contribution in [3.63, 3.8) is 0 Å². The van der Waals surface area contributed by atoms with E-state index < -0.39 is 17.4 Å². The number of carboxylic acids is 1. The van der Waals surface area contributed by atoms with Crippen LogP contribution in [0.4, 0.5) is 4.79 Å². The van der Waals surface area contributed by atoms with Crippen LogP contribution in [0.2, 0.25) is 0 Å². The van der Waals surface area contributed by atoms with Crippen molar-refractivity contribution in [1.29, 1.82) is 0 Å². The number of rotatable bonds is 5. The normalized spacial score (nSPS) is 14.1. The first kappa shape index (κ1) is 17.2. The van der Waals surface area contributed by atoms with Crippen molar-refractivity contribution in [1.82, 2.24) is 0 Å². The molecular weight excluding hydrogens is 254 g/mol. The first-order valence-electron chi connectivity index (χ1n) is 5.81. The molecule has 1 unspecified atom stereocenters. The number of aliphatic carboxylic acids is 1. The lowest BCUT2D eigenvalue weighted by Crippen LogP contribution is -2.43. The van der Waals surface area contributed by atoms with E-state index in [9.17, 15) is 9.59 Å². The van der Waals surface area contributed by atoms with E-state index >= 15 is 0 Å². The van der Waals surface area contributed by atoms with Crippen molar-refractivity contribution in [3.8, 4) is 0 Å². The summed E-state index contributed by atoms with van der Waals surface area (Å²) in [6.07, 6.45) is -0.753. The van der Waals surface area contributed by atoms with Crippen LogP contribution in [0, 0.1) is 0 Å². The average Bonchev–Trinajstić information content (AvgIpc) is 1.92. The smallest absolute Gasteiger partial charge is 0.368 e. The van der Waals surface area contributed by atoms with Gasteiger partial charge >= 0.3 is 11.3 Å². The van der Waals surface area contributed by atoms with Crippen LogP contribution in [0.1, 0.15) is 27.2 Å². The van der Waals surface area contributed by atoms with Gasteiger partial charge in [0.25, 0.3) is 0 Å². The van der Waals surface area contributed by atoms with Crippen LogP contribution in [0.3, 0.4) is 0 Å². The summed E-state index contributed by atoms with van der Waals surface area (Å²) in [7, 11) is 5.79. The van der Waals surface area contributed by atoms with Gasteiger partial charge in [-0.2, -0.15) is 0 Å². The molecule has 1 atom stereocenters. The predicted octanol–water partition coefficient (Wildman–Crippen LogP) is 2.20. The van der Waals surface area contributed by atoms with Crippen molar-refractivity contribution in [2.45, 2.75) is 38.0 Å². The highest BCUT2D eigenvalue weighted by Crippen LogP contribution is 2.26. The third-order valence-corrected chi connectivity index (χ3v) is 2.68. The zero-order chi connectivity index (χ0) is 14.6. The molecule has 0 aliphatic heterocycles. The second-order valence-corrected chi connectivity index (χ2v) is 8.04. The molecule has 0 radical (unpaired) electrons. The SMILES string of the molecule is CC(C)(C)SC(=O)OC(CC(=O)O)C[N+](C)(C)C. The van der Waals surface area contributed by atoms with Gasteiger partial charge in [0.05, 0.1) is 27.6 Å². The van der Waals surface area contributed by atoms with Crippen LogP contribution in [0.5, 0.6) is 0 Å². The summed E-state index contributed by atoms with van der Waals surface area (Å²) in [4.78, 5) is 22.4. The third kappa shape index (κ3) is 10.4. The van der Waals surface area contributed by atoms with Gasteiger partial charge in [0.15, 0.2) is 6.10 Å². The average molecular weight is 278 g/mol. The number of quaternary nitrogens is 1. The summed E-state index contributed by atoms with van der Waals surface area (Å²) in [5.41, 5.74) is 0. The van der Waals surface area contributed by atoms with E-state index in [1.54, 1.807) is 0 Å². The number of nitrogens with zero attached hydrogens (tertiary/aromatic N) is 1. The molecule has 0 aliphatic rings. The highest BCUT2D eigenvalue weighted by Gasteiger charge is 2.27. The Morgan fingerprint density at radius 1 is 1.28 bits per heavy atom. The first-order chi connectivity index (χ1) is 7.89. The molecule has 0 rings (SSSR count). The van der Waals surface area contributed by atoms with Crippen LogP contribution in [0.25, 0.3) is 0 Å². The van der Waals surface area contributed by atoms with Crippen LogP contribution >= 0.6 is 11.8 Å². The molecule has 106 valence electrons. The maximum atomic E-state index is 11.7. The van der Waals surface area contributed by atoms with E-state index in [0.717, 1.165) is 11.8 Å². The highest BCUT2D eigenvalue weighted by molar-refractivity contribution is 8.14. The van der Waals surface area contributed by atoms with Gasteiger partial charge in [0.1, 0.15) is 6.54 Å². The Bertz CT molecular complexity index is 304. The zero-order valence-corrected chi connectivity index (χ0v) is 12.8. The number of carboxylic acid groups (broad SMARTS) is 1. The van der Waals surface area contributed by atoms with Crippen LogP contribution in [0.15, 0.2) is 0 Å². The summed E-state index contributed by atoms with van der Waals surface area (Å²) < 4.78 is 5.55. The lowest BCUT2D eigenvalue weighted by molar-refractivity contribution is -0.873. The topological polar surface area (TPSA) is 63.6 Å². The molecular formula is C12H24NO4S+. The number of ether oxygens (including phenoxy) is 1. The summed E-state index contributed by atoms with van der Waals surface area (Å²) in [5, 5.41) is 8.41. The lowest BCUT2D eigenvalue weighted by Gasteiger charge is -2.28. The largest absolute Gasteiger partial charge is 0.481 e. The molecule has 0 aromatic heterocycles. The maximum Gasteiger partial charge on any atom is 0.368 e. The predicted molar refractivity (Wildman–Crippen MR) is 72.8 cm³/mol. The van der Waals surface area contributed by atoms with Crippen molar-refractivity contribution in [2.24, 2.45) is 0 Å². The fourth-order valence-electron chi connectivity index (χ4n) is 1.36. The van der Waals surface area contributed by atoms with Gasteiger partial charge < -0.3 is 14.3 Å². The van der Waals surface area contributed by atoms with E-state index in [1.165, 1.54) is 0 Å². The molecule has 0 saturated heterocycles. The number of thioether (sulfide) groups is 1. The molecule has 0 aliphatic carbocycles. The summed E-state index contributed by atoms with van der Waals surface area (Å²) in [6, 6.07) is 0. The minimum Gasteiger partial charge on any atom is -0.481 e. The summed E-state index contributed by atoms with van der Waals surface area (Å²) in [6.45, 7) is 6.20. The Morgan fingerprint density at radius 2 is 1.78 bits per heavy atom. The van der Waals surface area contributed by atoms with Gasteiger partial charge in [-0.3, -0.25) is 4.79 Å².